The molecule has 0 aliphatic rings. The number of para-hydroxylation sites is 1. The SMILES string of the molecule is COc1ccccc1C(=O)NCCNC(=O)C(C)Cl. The topological polar surface area (TPSA) is 67.4 Å². The quantitative estimate of drug-likeness (QED) is 0.609. The number of methoxy groups -OCH3 is 1. The highest BCUT2D eigenvalue weighted by Crippen LogP contribution is 2.16. The molecular weight excluding hydrogens is 268 g/mol. The summed E-state index contributed by atoms with van der Waals surface area (Å²) in [5.41, 5.74) is 0.460. The van der Waals surface area contributed by atoms with Crippen LogP contribution in [0.5, 0.6) is 5.75 Å². The van der Waals surface area contributed by atoms with Gasteiger partial charge in [-0.2, -0.15) is 0 Å². The van der Waals surface area contributed by atoms with Crippen LogP contribution in [0.15, 0.2) is 24.3 Å². The normalized spacial score (nSPS) is 11.5. The first-order chi connectivity index (χ1) is 9.06. The predicted molar refractivity (Wildman–Crippen MR) is 73.7 cm³/mol. The van der Waals surface area contributed by atoms with Crippen LogP contribution in [-0.4, -0.2) is 37.4 Å². The first-order valence-corrected chi connectivity index (χ1v) is 6.33. The van der Waals surface area contributed by atoms with Gasteiger partial charge in [-0.05, 0) is 19.1 Å². The Morgan fingerprint density at radius 2 is 1.89 bits per heavy atom. The molecule has 0 aromatic heterocycles. The Labute approximate surface area is 117 Å². The van der Waals surface area contributed by atoms with Gasteiger partial charge in [0.05, 0.1) is 12.7 Å². The minimum atomic E-state index is -0.579. The number of alkyl halides is 1. The Morgan fingerprint density at radius 1 is 1.26 bits per heavy atom. The molecular formula is C13H17ClN2O3. The summed E-state index contributed by atoms with van der Waals surface area (Å²) in [6.07, 6.45) is 0. The van der Waals surface area contributed by atoms with Crippen molar-refractivity contribution in [1.82, 2.24) is 10.6 Å². The number of benzene rings is 1. The van der Waals surface area contributed by atoms with Crippen molar-refractivity contribution in [3.8, 4) is 5.75 Å². The summed E-state index contributed by atoms with van der Waals surface area (Å²) < 4.78 is 5.09. The van der Waals surface area contributed by atoms with Crippen LogP contribution in [-0.2, 0) is 4.79 Å². The van der Waals surface area contributed by atoms with E-state index >= 15 is 0 Å². The van der Waals surface area contributed by atoms with E-state index < -0.39 is 5.38 Å². The average molecular weight is 285 g/mol. The van der Waals surface area contributed by atoms with E-state index in [4.69, 9.17) is 16.3 Å². The molecule has 6 heteroatoms. The maximum atomic E-state index is 11.9. The molecule has 2 N–H and O–H groups in total. The average Bonchev–Trinajstić information content (AvgIpc) is 2.42. The molecule has 0 aliphatic heterocycles. The number of hydrogen-bond acceptors (Lipinski definition) is 3. The highest BCUT2D eigenvalue weighted by Gasteiger charge is 2.11. The molecule has 0 fully saturated rings. The third-order valence-corrected chi connectivity index (χ3v) is 2.62. The van der Waals surface area contributed by atoms with Crippen molar-refractivity contribution < 1.29 is 14.3 Å². The molecule has 1 unspecified atom stereocenters. The summed E-state index contributed by atoms with van der Waals surface area (Å²) in [4.78, 5) is 23.1. The second kappa shape index (κ2) is 7.63. The van der Waals surface area contributed by atoms with E-state index in [0.717, 1.165) is 0 Å². The second-order valence-electron chi connectivity index (χ2n) is 3.86. The number of halogens is 1. The van der Waals surface area contributed by atoms with Gasteiger partial charge in [-0.15, -0.1) is 11.6 Å². The van der Waals surface area contributed by atoms with Gasteiger partial charge in [0.15, 0.2) is 0 Å². The minimum Gasteiger partial charge on any atom is -0.496 e. The standard InChI is InChI=1S/C13H17ClN2O3/c1-9(14)12(17)15-7-8-16-13(18)10-5-3-4-6-11(10)19-2/h3-6,9H,7-8H2,1-2H3,(H,15,17)(H,16,18). The van der Waals surface area contributed by atoms with Crippen LogP contribution in [0.2, 0.25) is 0 Å². The molecule has 2 amide bonds. The fourth-order valence-corrected chi connectivity index (χ4v) is 1.51. The van der Waals surface area contributed by atoms with Crippen molar-refractivity contribution in [3.05, 3.63) is 29.8 Å². The van der Waals surface area contributed by atoms with E-state index in [-0.39, 0.29) is 11.8 Å². The van der Waals surface area contributed by atoms with Crippen LogP contribution < -0.4 is 15.4 Å². The molecule has 1 aromatic rings. The Bertz CT molecular complexity index is 449. The lowest BCUT2D eigenvalue weighted by Crippen LogP contribution is -2.37. The van der Waals surface area contributed by atoms with Crippen LogP contribution in [0.25, 0.3) is 0 Å². The van der Waals surface area contributed by atoms with Gasteiger partial charge in [0, 0.05) is 13.1 Å². The van der Waals surface area contributed by atoms with Crippen LogP contribution >= 0.6 is 11.6 Å². The zero-order chi connectivity index (χ0) is 14.3. The summed E-state index contributed by atoms with van der Waals surface area (Å²) in [5, 5.41) is 4.71. The van der Waals surface area contributed by atoms with Crippen molar-refractivity contribution in [3.63, 3.8) is 0 Å². The molecule has 0 saturated heterocycles. The maximum Gasteiger partial charge on any atom is 0.255 e. The molecule has 0 heterocycles. The Morgan fingerprint density at radius 3 is 2.53 bits per heavy atom. The lowest BCUT2D eigenvalue weighted by molar-refractivity contribution is -0.120. The van der Waals surface area contributed by atoms with E-state index in [0.29, 0.717) is 24.4 Å². The van der Waals surface area contributed by atoms with Crippen molar-refractivity contribution in [2.24, 2.45) is 0 Å². The number of rotatable bonds is 6. The predicted octanol–water partition coefficient (Wildman–Crippen LogP) is 1.17. The second-order valence-corrected chi connectivity index (χ2v) is 4.52. The summed E-state index contributed by atoms with van der Waals surface area (Å²) in [7, 11) is 1.51. The first kappa shape index (κ1) is 15.3. The van der Waals surface area contributed by atoms with E-state index in [1.807, 2.05) is 0 Å². The Hall–Kier alpha value is -1.75. The zero-order valence-corrected chi connectivity index (χ0v) is 11.7. The smallest absolute Gasteiger partial charge is 0.255 e. The fraction of sp³-hybridized carbons (Fsp3) is 0.385. The van der Waals surface area contributed by atoms with E-state index in [1.54, 1.807) is 31.2 Å². The van der Waals surface area contributed by atoms with Crippen molar-refractivity contribution in [1.29, 1.82) is 0 Å². The third-order valence-electron chi connectivity index (χ3n) is 2.42. The largest absolute Gasteiger partial charge is 0.496 e. The number of hydrogen-bond donors (Lipinski definition) is 2. The summed E-state index contributed by atoms with van der Waals surface area (Å²) in [6.45, 7) is 2.24. The molecule has 1 rings (SSSR count). The monoisotopic (exact) mass is 284 g/mol. The maximum absolute atomic E-state index is 11.9. The molecule has 0 radical (unpaired) electrons. The Kier molecular flexibility index (Phi) is 6.15. The lowest BCUT2D eigenvalue weighted by Gasteiger charge is -2.10. The van der Waals surface area contributed by atoms with E-state index in [9.17, 15) is 9.59 Å². The van der Waals surface area contributed by atoms with Gasteiger partial charge in [-0.1, -0.05) is 12.1 Å². The summed E-state index contributed by atoms with van der Waals surface area (Å²) in [5.74, 6) is 0.0113. The molecule has 5 nitrogen and oxygen atoms in total. The minimum absolute atomic E-state index is 0.245. The third kappa shape index (κ3) is 4.79. The van der Waals surface area contributed by atoms with Crippen molar-refractivity contribution in [2.45, 2.75) is 12.3 Å². The summed E-state index contributed by atoms with van der Waals surface area (Å²) in [6, 6.07) is 6.94. The number of carbonyl (C=O) groups excluding carboxylic acids is 2. The van der Waals surface area contributed by atoms with Gasteiger partial charge < -0.3 is 15.4 Å². The molecule has 1 aromatic carbocycles. The van der Waals surface area contributed by atoms with Gasteiger partial charge in [0.25, 0.3) is 5.91 Å². The van der Waals surface area contributed by atoms with Gasteiger partial charge in [-0.25, -0.2) is 0 Å². The summed E-state index contributed by atoms with van der Waals surface area (Å²) >= 11 is 5.59. The molecule has 1 atom stereocenters. The van der Waals surface area contributed by atoms with Crippen LogP contribution in [0.3, 0.4) is 0 Å². The molecule has 19 heavy (non-hydrogen) atoms. The lowest BCUT2D eigenvalue weighted by atomic mass is 10.2. The van der Waals surface area contributed by atoms with Gasteiger partial charge in [-0.3, -0.25) is 9.59 Å². The highest BCUT2D eigenvalue weighted by molar-refractivity contribution is 6.30. The zero-order valence-electron chi connectivity index (χ0n) is 10.9. The number of ether oxygens (including phenoxy) is 1. The van der Waals surface area contributed by atoms with Crippen LogP contribution in [0.4, 0.5) is 0 Å². The van der Waals surface area contributed by atoms with Crippen molar-refractivity contribution >= 4 is 23.4 Å². The van der Waals surface area contributed by atoms with E-state index in [2.05, 4.69) is 10.6 Å². The van der Waals surface area contributed by atoms with Gasteiger partial charge >= 0.3 is 0 Å². The van der Waals surface area contributed by atoms with E-state index in [1.165, 1.54) is 7.11 Å². The molecule has 0 spiro atoms. The molecule has 0 bridgehead atoms. The Balaban J connectivity index is 2.41. The molecule has 104 valence electrons. The number of amides is 2. The van der Waals surface area contributed by atoms with Gasteiger partial charge in [0.1, 0.15) is 11.1 Å². The number of carbonyl (C=O) groups is 2. The number of nitrogens with one attached hydrogen (secondary N) is 2. The van der Waals surface area contributed by atoms with Crippen LogP contribution in [0, 0.1) is 0 Å². The van der Waals surface area contributed by atoms with Crippen LogP contribution in [0.1, 0.15) is 17.3 Å². The molecule has 0 saturated carbocycles. The molecule has 0 aliphatic carbocycles. The highest BCUT2D eigenvalue weighted by atomic mass is 35.5. The van der Waals surface area contributed by atoms with Crippen molar-refractivity contribution in [2.75, 3.05) is 20.2 Å². The fourth-order valence-electron chi connectivity index (χ4n) is 1.43. The van der Waals surface area contributed by atoms with Gasteiger partial charge in [0.2, 0.25) is 5.91 Å². The first-order valence-electron chi connectivity index (χ1n) is 5.89.